The summed E-state index contributed by atoms with van der Waals surface area (Å²) in [5.74, 6) is -3.20. The topological polar surface area (TPSA) is 91.8 Å². The van der Waals surface area contributed by atoms with Gasteiger partial charge in [0.25, 0.3) is 0 Å². The molecule has 6 rings (SSSR count). The van der Waals surface area contributed by atoms with Gasteiger partial charge in [-0.2, -0.15) is 26.3 Å². The maximum Gasteiger partial charge on any atom is 0.435 e. The molecule has 45 heavy (non-hydrogen) atoms. The molecule has 1 N–H and O–H groups in total. The Morgan fingerprint density at radius 3 is 2.09 bits per heavy atom. The second-order valence-electron chi connectivity index (χ2n) is 12.8. The van der Waals surface area contributed by atoms with Crippen molar-refractivity contribution in [1.29, 1.82) is 0 Å². The summed E-state index contributed by atoms with van der Waals surface area (Å²) >= 11 is 0. The van der Waals surface area contributed by atoms with Crippen LogP contribution in [0.15, 0.2) is 47.4 Å². The number of aliphatic carboxylic acids is 1. The van der Waals surface area contributed by atoms with Gasteiger partial charge >= 0.3 is 24.0 Å². The van der Waals surface area contributed by atoms with Crippen molar-refractivity contribution < 1.29 is 58.2 Å². The molecule has 244 valence electrons. The fourth-order valence-electron chi connectivity index (χ4n) is 8.23. The molecule has 0 aromatic heterocycles. The van der Waals surface area contributed by atoms with Gasteiger partial charge in [0.05, 0.1) is 16.9 Å². The van der Waals surface area contributed by atoms with E-state index < -0.39 is 72.7 Å². The number of alkyl halides is 7. The highest BCUT2D eigenvalue weighted by atomic mass is 32.2. The molecule has 2 aromatic rings. The number of nitrogens with zero attached hydrogens (tertiary/aromatic N) is 1. The van der Waals surface area contributed by atoms with Crippen LogP contribution < -0.4 is 0 Å². The van der Waals surface area contributed by atoms with Crippen LogP contribution in [0.2, 0.25) is 0 Å². The summed E-state index contributed by atoms with van der Waals surface area (Å²) in [5.41, 5.74) is -8.16. The van der Waals surface area contributed by atoms with Gasteiger partial charge in [0.15, 0.2) is 9.84 Å². The molecule has 3 fully saturated rings. The molecule has 2 unspecified atom stereocenters. The van der Waals surface area contributed by atoms with Crippen molar-refractivity contribution in [3.05, 3.63) is 65.0 Å². The molecule has 1 aliphatic heterocycles. The number of halogens is 8. The van der Waals surface area contributed by atoms with Gasteiger partial charge in [-0.25, -0.2) is 17.2 Å². The van der Waals surface area contributed by atoms with Gasteiger partial charge in [0, 0.05) is 18.0 Å². The summed E-state index contributed by atoms with van der Waals surface area (Å²) in [6.45, 7) is -0.112. The maximum absolute atomic E-state index is 15.0. The zero-order chi connectivity index (χ0) is 33.0. The predicted octanol–water partition coefficient (Wildman–Crippen LogP) is 6.22. The molecule has 2 saturated carbocycles. The Bertz CT molecular complexity index is 1660. The van der Waals surface area contributed by atoms with Crippen LogP contribution >= 0.6 is 0 Å². The summed E-state index contributed by atoms with van der Waals surface area (Å²) in [6, 6.07) is 4.33. The highest BCUT2D eigenvalue weighted by Gasteiger charge is 2.74. The molecule has 4 aliphatic rings. The second kappa shape index (κ2) is 9.88. The molecule has 1 heterocycles. The lowest BCUT2D eigenvalue weighted by atomic mass is 9.48. The SMILES string of the molecule is O=C(O)C1CC2(C1)CC(C(=O)N1CCC3(S(=O)(=O)c4cccc(F)c4)c4ccc(C(F)(C(F)(F)F)C(F)(F)F)cc4CCC13)C2. The number of aryl methyl sites for hydroxylation is 1. The van der Waals surface area contributed by atoms with Crippen molar-refractivity contribution >= 4 is 21.7 Å². The first-order valence-corrected chi connectivity index (χ1v) is 15.8. The number of carboxylic acid groups (broad SMARTS) is 1. The lowest BCUT2D eigenvalue weighted by molar-refractivity contribution is -0.348. The van der Waals surface area contributed by atoms with Gasteiger partial charge in [-0.15, -0.1) is 0 Å². The van der Waals surface area contributed by atoms with Crippen LogP contribution in [0, 0.1) is 23.1 Å². The predicted molar refractivity (Wildman–Crippen MR) is 141 cm³/mol. The molecule has 3 aliphatic carbocycles. The van der Waals surface area contributed by atoms with E-state index >= 15 is 0 Å². The van der Waals surface area contributed by atoms with Gasteiger partial charge < -0.3 is 10.0 Å². The maximum atomic E-state index is 15.0. The number of amides is 1. The first-order chi connectivity index (χ1) is 20.8. The van der Waals surface area contributed by atoms with Gasteiger partial charge in [-0.1, -0.05) is 24.3 Å². The van der Waals surface area contributed by atoms with Gasteiger partial charge in [-0.05, 0) is 79.7 Å². The highest BCUT2D eigenvalue weighted by Crippen LogP contribution is 2.63. The molecule has 0 radical (unpaired) electrons. The Kier molecular flexibility index (Phi) is 6.97. The number of hydrogen-bond acceptors (Lipinski definition) is 4. The average molecular weight is 666 g/mol. The van der Waals surface area contributed by atoms with E-state index in [1.54, 1.807) is 0 Å². The number of carboxylic acids is 1. The van der Waals surface area contributed by atoms with Crippen molar-refractivity contribution in [3.63, 3.8) is 0 Å². The number of carbonyl (C=O) groups is 2. The third-order valence-electron chi connectivity index (χ3n) is 10.4. The summed E-state index contributed by atoms with van der Waals surface area (Å²) in [6.07, 6.45) is -11.8. The first kappa shape index (κ1) is 31.7. The number of likely N-dealkylation sites (tertiary alicyclic amines) is 1. The highest BCUT2D eigenvalue weighted by molar-refractivity contribution is 7.92. The summed E-state index contributed by atoms with van der Waals surface area (Å²) in [7, 11) is -4.65. The van der Waals surface area contributed by atoms with Crippen LogP contribution in [-0.4, -0.2) is 55.2 Å². The van der Waals surface area contributed by atoms with E-state index in [1.165, 1.54) is 4.90 Å². The minimum absolute atomic E-state index is 0.112. The van der Waals surface area contributed by atoms with E-state index in [4.69, 9.17) is 0 Å². The number of benzene rings is 2. The van der Waals surface area contributed by atoms with E-state index in [1.807, 2.05) is 0 Å². The monoisotopic (exact) mass is 665 g/mol. The summed E-state index contributed by atoms with van der Waals surface area (Å²) < 4.78 is 137. The molecular weight excluding hydrogens is 638 g/mol. The number of sulfone groups is 1. The average Bonchev–Trinajstić information content (AvgIpc) is 3.31. The number of carbonyl (C=O) groups excluding carboxylic acids is 1. The largest absolute Gasteiger partial charge is 0.481 e. The van der Waals surface area contributed by atoms with E-state index in [0.717, 1.165) is 30.3 Å². The van der Waals surface area contributed by atoms with E-state index in [9.17, 15) is 58.2 Å². The summed E-state index contributed by atoms with van der Waals surface area (Å²) in [5, 5.41) is 9.21. The van der Waals surface area contributed by atoms with Crippen molar-refractivity contribution in [1.82, 2.24) is 4.90 Å². The summed E-state index contributed by atoms with van der Waals surface area (Å²) in [4.78, 5) is 25.9. The Morgan fingerprint density at radius 2 is 1.51 bits per heavy atom. The van der Waals surface area contributed by atoms with Crippen molar-refractivity contribution in [2.75, 3.05) is 6.54 Å². The molecule has 6 nitrogen and oxygen atoms in total. The van der Waals surface area contributed by atoms with E-state index in [0.29, 0.717) is 31.7 Å². The molecule has 1 saturated heterocycles. The Morgan fingerprint density at radius 1 is 0.889 bits per heavy atom. The Labute approximate surface area is 252 Å². The zero-order valence-corrected chi connectivity index (χ0v) is 24.2. The second-order valence-corrected chi connectivity index (χ2v) is 15.0. The molecular formula is C30H27F8NO5S. The number of rotatable bonds is 5. The first-order valence-electron chi connectivity index (χ1n) is 14.3. The van der Waals surface area contributed by atoms with Crippen molar-refractivity contribution in [2.45, 2.75) is 78.7 Å². The van der Waals surface area contributed by atoms with Crippen LogP contribution in [0.3, 0.4) is 0 Å². The Balaban J connectivity index is 1.41. The zero-order valence-electron chi connectivity index (χ0n) is 23.4. The smallest absolute Gasteiger partial charge is 0.435 e. The Hall–Kier alpha value is -3.23. The van der Waals surface area contributed by atoms with Gasteiger partial charge in [0.2, 0.25) is 5.91 Å². The fourth-order valence-corrected chi connectivity index (χ4v) is 10.6. The normalized spacial score (nSPS) is 29.9. The fraction of sp³-hybridized carbons (Fsp3) is 0.533. The lowest BCUT2D eigenvalue weighted by Crippen LogP contribution is -2.57. The van der Waals surface area contributed by atoms with Crippen LogP contribution in [-0.2, 0) is 36.3 Å². The quantitative estimate of drug-likeness (QED) is 0.383. The van der Waals surface area contributed by atoms with Crippen LogP contribution in [0.4, 0.5) is 35.1 Å². The molecule has 2 aromatic carbocycles. The minimum Gasteiger partial charge on any atom is -0.481 e. The third-order valence-corrected chi connectivity index (χ3v) is 12.9. The van der Waals surface area contributed by atoms with Crippen LogP contribution in [0.25, 0.3) is 0 Å². The molecule has 0 bridgehead atoms. The molecule has 15 heteroatoms. The molecule has 2 atom stereocenters. The van der Waals surface area contributed by atoms with Crippen molar-refractivity contribution in [2.24, 2.45) is 17.3 Å². The van der Waals surface area contributed by atoms with Gasteiger partial charge in [-0.3, -0.25) is 9.59 Å². The van der Waals surface area contributed by atoms with Crippen molar-refractivity contribution in [3.8, 4) is 0 Å². The minimum atomic E-state index is -6.37. The lowest BCUT2D eigenvalue weighted by Gasteiger charge is -2.57. The molecule has 1 amide bonds. The van der Waals surface area contributed by atoms with Gasteiger partial charge in [0.1, 0.15) is 10.6 Å². The number of hydrogen-bond donors (Lipinski definition) is 1. The van der Waals surface area contributed by atoms with Crippen LogP contribution in [0.1, 0.15) is 55.2 Å². The third kappa shape index (κ3) is 4.42. The van der Waals surface area contributed by atoms with Crippen LogP contribution in [0.5, 0.6) is 0 Å². The molecule has 1 spiro atoms. The van der Waals surface area contributed by atoms with E-state index in [-0.39, 0.29) is 54.3 Å². The number of fused-ring (bicyclic) bond motifs is 3. The van der Waals surface area contributed by atoms with E-state index in [2.05, 4.69) is 0 Å². The standard InChI is InChI=1S/C30H27F8NO5S/c31-20-2-1-3-21(11-20)45(43,44)27-8-9-39(24(40)17-12-26(13-17)14-18(15-26)25(41)42)23(27)7-4-16-10-19(5-6-22(16)27)28(32,29(33,34)35)30(36,37)38/h1-3,5-6,10-11,17-18,23H,4,7-9,12-15H2,(H,41,42).